The minimum absolute atomic E-state index is 0.163. The lowest BCUT2D eigenvalue weighted by molar-refractivity contribution is -0.142. The summed E-state index contributed by atoms with van der Waals surface area (Å²) in [6.45, 7) is 3.31. The molecule has 5 heteroatoms. The van der Waals surface area contributed by atoms with Crippen molar-refractivity contribution in [2.45, 2.75) is 45.2 Å². The fraction of sp³-hybridized carbons (Fsp3) is 0.588. The smallest absolute Gasteiger partial charge is 0.306 e. The van der Waals surface area contributed by atoms with Crippen molar-refractivity contribution in [2.24, 2.45) is 5.92 Å². The normalized spacial score (nSPS) is 21.4. The van der Waals surface area contributed by atoms with Crippen LogP contribution in [0.3, 0.4) is 0 Å². The molecule has 1 fully saturated rings. The van der Waals surface area contributed by atoms with E-state index in [1.807, 2.05) is 25.1 Å². The Morgan fingerprint density at radius 3 is 2.59 bits per heavy atom. The highest BCUT2D eigenvalue weighted by Gasteiger charge is 2.25. The second-order valence-corrected chi connectivity index (χ2v) is 5.69. The van der Waals surface area contributed by atoms with E-state index in [1.165, 1.54) is 0 Å². The number of carbonyl (C=O) groups is 1. The summed E-state index contributed by atoms with van der Waals surface area (Å²) in [6.07, 6.45) is 3.37. The highest BCUT2D eigenvalue weighted by molar-refractivity contribution is 5.70. The van der Waals surface area contributed by atoms with Gasteiger partial charge in [0.15, 0.2) is 11.5 Å². The van der Waals surface area contributed by atoms with Gasteiger partial charge in [-0.3, -0.25) is 4.79 Å². The Morgan fingerprint density at radius 2 is 2.00 bits per heavy atom. The van der Waals surface area contributed by atoms with Gasteiger partial charge < -0.3 is 19.9 Å². The number of benzene rings is 1. The first-order chi connectivity index (χ1) is 10.6. The molecule has 0 saturated heterocycles. The second-order valence-electron chi connectivity index (χ2n) is 5.69. The Hall–Kier alpha value is -1.75. The van der Waals surface area contributed by atoms with E-state index in [-0.39, 0.29) is 5.92 Å². The fourth-order valence-corrected chi connectivity index (χ4v) is 2.91. The predicted molar refractivity (Wildman–Crippen MR) is 84.4 cm³/mol. The van der Waals surface area contributed by atoms with Gasteiger partial charge in [0, 0.05) is 12.6 Å². The number of aliphatic carboxylic acids is 1. The molecular weight excluding hydrogens is 282 g/mol. The van der Waals surface area contributed by atoms with Crippen LogP contribution in [0.1, 0.15) is 38.2 Å². The number of rotatable bonds is 7. The molecule has 1 aliphatic carbocycles. The SMILES string of the molecule is CCOc1cc(CNC2CCC(C(=O)O)CC2)ccc1OC. The summed E-state index contributed by atoms with van der Waals surface area (Å²) < 4.78 is 10.9. The topological polar surface area (TPSA) is 67.8 Å². The maximum atomic E-state index is 11.0. The van der Waals surface area contributed by atoms with Gasteiger partial charge in [0.25, 0.3) is 0 Å². The molecule has 0 bridgehead atoms. The second kappa shape index (κ2) is 8.03. The first kappa shape index (κ1) is 16.6. The molecule has 2 rings (SSSR count). The Kier molecular flexibility index (Phi) is 6.07. The molecule has 22 heavy (non-hydrogen) atoms. The van der Waals surface area contributed by atoms with Gasteiger partial charge in [-0.1, -0.05) is 6.07 Å². The molecule has 0 heterocycles. The van der Waals surface area contributed by atoms with Crippen LogP contribution >= 0.6 is 0 Å². The molecule has 0 aliphatic heterocycles. The molecule has 0 atom stereocenters. The molecule has 0 aromatic heterocycles. The van der Waals surface area contributed by atoms with Crippen molar-refractivity contribution < 1.29 is 19.4 Å². The summed E-state index contributed by atoms with van der Waals surface area (Å²) >= 11 is 0. The van der Waals surface area contributed by atoms with Gasteiger partial charge >= 0.3 is 5.97 Å². The number of methoxy groups -OCH3 is 1. The van der Waals surface area contributed by atoms with E-state index >= 15 is 0 Å². The van der Waals surface area contributed by atoms with Gasteiger partial charge in [0.05, 0.1) is 19.6 Å². The van der Waals surface area contributed by atoms with E-state index in [2.05, 4.69) is 5.32 Å². The molecule has 5 nitrogen and oxygen atoms in total. The van der Waals surface area contributed by atoms with Gasteiger partial charge in [-0.2, -0.15) is 0 Å². The molecule has 0 amide bonds. The van der Waals surface area contributed by atoms with Crippen LogP contribution in [0.5, 0.6) is 11.5 Å². The zero-order chi connectivity index (χ0) is 15.9. The highest BCUT2D eigenvalue weighted by atomic mass is 16.5. The number of carboxylic acids is 1. The molecule has 0 radical (unpaired) electrons. The van der Waals surface area contributed by atoms with Gasteiger partial charge in [0.2, 0.25) is 0 Å². The Bertz CT molecular complexity index is 495. The van der Waals surface area contributed by atoms with Crippen LogP contribution in [0.25, 0.3) is 0 Å². The summed E-state index contributed by atoms with van der Waals surface area (Å²) in [5, 5.41) is 12.5. The molecule has 0 spiro atoms. The number of ether oxygens (including phenoxy) is 2. The molecule has 1 aromatic rings. The van der Waals surface area contributed by atoms with Crippen LogP contribution in [0, 0.1) is 5.92 Å². The monoisotopic (exact) mass is 307 g/mol. The molecule has 1 aromatic carbocycles. The average molecular weight is 307 g/mol. The zero-order valence-corrected chi connectivity index (χ0v) is 13.3. The minimum Gasteiger partial charge on any atom is -0.493 e. The maximum Gasteiger partial charge on any atom is 0.306 e. The summed E-state index contributed by atoms with van der Waals surface area (Å²) in [5.41, 5.74) is 1.14. The molecule has 1 aliphatic rings. The lowest BCUT2D eigenvalue weighted by atomic mass is 9.86. The molecule has 0 unspecified atom stereocenters. The van der Waals surface area contributed by atoms with Gasteiger partial charge in [-0.15, -0.1) is 0 Å². The van der Waals surface area contributed by atoms with Crippen LogP contribution in [0.4, 0.5) is 0 Å². The largest absolute Gasteiger partial charge is 0.493 e. The summed E-state index contributed by atoms with van der Waals surface area (Å²) in [5.74, 6) is 0.685. The molecule has 1 saturated carbocycles. The van der Waals surface area contributed by atoms with Crippen molar-refractivity contribution in [3.05, 3.63) is 23.8 Å². The lowest BCUT2D eigenvalue weighted by Crippen LogP contribution is -2.34. The van der Waals surface area contributed by atoms with E-state index in [4.69, 9.17) is 14.6 Å². The third kappa shape index (κ3) is 4.37. The standard InChI is InChI=1S/C17H25NO4/c1-3-22-16-10-12(4-9-15(16)21-2)11-18-14-7-5-13(6-8-14)17(19)20/h4,9-10,13-14,18H,3,5-8,11H2,1-2H3,(H,19,20). The van der Waals surface area contributed by atoms with Gasteiger partial charge in [-0.05, 0) is 50.3 Å². The number of hydrogen-bond donors (Lipinski definition) is 2. The van der Waals surface area contributed by atoms with Crippen molar-refractivity contribution in [3.8, 4) is 11.5 Å². The van der Waals surface area contributed by atoms with E-state index in [1.54, 1.807) is 7.11 Å². The van der Waals surface area contributed by atoms with Crippen molar-refractivity contribution in [2.75, 3.05) is 13.7 Å². The van der Waals surface area contributed by atoms with Crippen LogP contribution in [0.15, 0.2) is 18.2 Å². The van der Waals surface area contributed by atoms with E-state index in [0.717, 1.165) is 49.3 Å². The average Bonchev–Trinajstić information content (AvgIpc) is 2.54. The Balaban J connectivity index is 1.87. The fourth-order valence-electron chi connectivity index (χ4n) is 2.91. The van der Waals surface area contributed by atoms with E-state index < -0.39 is 5.97 Å². The summed E-state index contributed by atoms with van der Waals surface area (Å²) in [4.78, 5) is 11.0. The van der Waals surface area contributed by atoms with Crippen molar-refractivity contribution >= 4 is 5.97 Å². The number of nitrogens with one attached hydrogen (secondary N) is 1. The first-order valence-corrected chi connectivity index (χ1v) is 7.90. The number of hydrogen-bond acceptors (Lipinski definition) is 4. The van der Waals surface area contributed by atoms with Crippen LogP contribution < -0.4 is 14.8 Å². The quantitative estimate of drug-likeness (QED) is 0.811. The molecular formula is C17H25NO4. The molecule has 122 valence electrons. The highest BCUT2D eigenvalue weighted by Crippen LogP contribution is 2.29. The van der Waals surface area contributed by atoms with Crippen LogP contribution in [-0.2, 0) is 11.3 Å². The Labute approximate surface area is 131 Å². The summed E-state index contributed by atoms with van der Waals surface area (Å²) in [6, 6.07) is 6.34. The third-order valence-corrected chi connectivity index (χ3v) is 4.20. The molecule has 2 N–H and O–H groups in total. The minimum atomic E-state index is -0.657. The summed E-state index contributed by atoms with van der Waals surface area (Å²) in [7, 11) is 1.64. The van der Waals surface area contributed by atoms with Crippen molar-refractivity contribution in [3.63, 3.8) is 0 Å². The van der Waals surface area contributed by atoms with Crippen LogP contribution in [0.2, 0.25) is 0 Å². The van der Waals surface area contributed by atoms with Gasteiger partial charge in [0.1, 0.15) is 0 Å². The first-order valence-electron chi connectivity index (χ1n) is 7.90. The van der Waals surface area contributed by atoms with Crippen molar-refractivity contribution in [1.29, 1.82) is 0 Å². The van der Waals surface area contributed by atoms with Crippen LogP contribution in [-0.4, -0.2) is 30.8 Å². The van der Waals surface area contributed by atoms with E-state index in [9.17, 15) is 4.79 Å². The van der Waals surface area contributed by atoms with E-state index in [0.29, 0.717) is 12.6 Å². The Morgan fingerprint density at radius 1 is 1.27 bits per heavy atom. The predicted octanol–water partition coefficient (Wildman–Crippen LogP) is 2.83. The van der Waals surface area contributed by atoms with Crippen molar-refractivity contribution in [1.82, 2.24) is 5.32 Å². The third-order valence-electron chi connectivity index (χ3n) is 4.20. The van der Waals surface area contributed by atoms with Gasteiger partial charge in [-0.25, -0.2) is 0 Å². The number of carboxylic acid groups (broad SMARTS) is 1. The zero-order valence-electron chi connectivity index (χ0n) is 13.3. The maximum absolute atomic E-state index is 11.0. The lowest BCUT2D eigenvalue weighted by Gasteiger charge is -2.27.